The Bertz CT molecular complexity index is 540. The highest BCUT2D eigenvalue weighted by Crippen LogP contribution is 2.35. The Morgan fingerprint density at radius 2 is 2.13 bits per heavy atom. The molecule has 1 saturated heterocycles. The monoisotopic (exact) mass is 315 g/mol. The van der Waals surface area contributed by atoms with Gasteiger partial charge in [-0.3, -0.25) is 4.99 Å². The molecule has 2 aliphatic rings. The van der Waals surface area contributed by atoms with E-state index in [2.05, 4.69) is 46.4 Å². The summed E-state index contributed by atoms with van der Waals surface area (Å²) in [6, 6.07) is 9.16. The Morgan fingerprint density at radius 1 is 1.35 bits per heavy atom. The molecule has 0 spiro atoms. The molecule has 0 bridgehead atoms. The molecule has 2 fully saturated rings. The largest absolute Gasteiger partial charge is 0.497 e. The van der Waals surface area contributed by atoms with E-state index in [9.17, 15) is 0 Å². The van der Waals surface area contributed by atoms with Crippen molar-refractivity contribution in [1.82, 2.24) is 10.2 Å². The summed E-state index contributed by atoms with van der Waals surface area (Å²) < 4.78 is 5.25. The smallest absolute Gasteiger partial charge is 0.193 e. The number of guanidine groups is 1. The molecule has 4 nitrogen and oxygen atoms in total. The van der Waals surface area contributed by atoms with Gasteiger partial charge in [0.15, 0.2) is 5.96 Å². The molecule has 126 valence electrons. The second kappa shape index (κ2) is 7.24. The summed E-state index contributed by atoms with van der Waals surface area (Å²) in [6.07, 6.45) is 5.12. The highest BCUT2D eigenvalue weighted by molar-refractivity contribution is 5.81. The quantitative estimate of drug-likeness (QED) is 0.669. The van der Waals surface area contributed by atoms with Crippen LogP contribution in [0.3, 0.4) is 0 Å². The minimum atomic E-state index is 0.588. The van der Waals surface area contributed by atoms with Crippen LogP contribution in [0.25, 0.3) is 0 Å². The van der Waals surface area contributed by atoms with Gasteiger partial charge in [-0.15, -0.1) is 0 Å². The number of benzene rings is 1. The van der Waals surface area contributed by atoms with Crippen LogP contribution in [0.4, 0.5) is 0 Å². The number of rotatable bonds is 5. The molecule has 4 heteroatoms. The van der Waals surface area contributed by atoms with Crippen LogP contribution in [0.5, 0.6) is 5.75 Å². The molecule has 3 atom stereocenters. The lowest BCUT2D eigenvalue weighted by atomic mass is 9.98. The molecule has 1 aromatic carbocycles. The molecule has 0 aromatic heterocycles. The molecular weight excluding hydrogens is 286 g/mol. The molecule has 1 aromatic rings. The van der Waals surface area contributed by atoms with Gasteiger partial charge in [0.05, 0.1) is 7.11 Å². The van der Waals surface area contributed by atoms with E-state index in [-0.39, 0.29) is 0 Å². The molecule has 1 aliphatic heterocycles. The van der Waals surface area contributed by atoms with Crippen molar-refractivity contribution in [2.24, 2.45) is 10.9 Å². The van der Waals surface area contributed by atoms with Crippen molar-refractivity contribution in [3.8, 4) is 5.75 Å². The van der Waals surface area contributed by atoms with Gasteiger partial charge in [-0.2, -0.15) is 0 Å². The number of nitrogens with zero attached hydrogens (tertiary/aromatic N) is 2. The van der Waals surface area contributed by atoms with Crippen LogP contribution in [-0.2, 0) is 0 Å². The van der Waals surface area contributed by atoms with Crippen molar-refractivity contribution in [1.29, 1.82) is 0 Å². The highest BCUT2D eigenvalue weighted by atomic mass is 16.5. The van der Waals surface area contributed by atoms with E-state index in [4.69, 9.17) is 4.74 Å². The van der Waals surface area contributed by atoms with Crippen molar-refractivity contribution in [3.05, 3.63) is 29.8 Å². The lowest BCUT2D eigenvalue weighted by Gasteiger charge is -2.22. The zero-order valence-electron chi connectivity index (χ0n) is 14.6. The van der Waals surface area contributed by atoms with Gasteiger partial charge in [-0.05, 0) is 42.9 Å². The summed E-state index contributed by atoms with van der Waals surface area (Å²) in [5.74, 6) is 3.46. The van der Waals surface area contributed by atoms with Gasteiger partial charge in [-0.25, -0.2) is 0 Å². The fourth-order valence-electron chi connectivity index (χ4n) is 3.68. The van der Waals surface area contributed by atoms with E-state index in [1.165, 1.54) is 31.2 Å². The van der Waals surface area contributed by atoms with Gasteiger partial charge in [0.25, 0.3) is 0 Å². The SMILES string of the molecule is CCCC1CC1NC(=NC)N1CCC(c2ccc(OC)cc2)C1. The number of aliphatic imine (C=N–C) groups is 1. The lowest BCUT2D eigenvalue weighted by molar-refractivity contribution is 0.414. The standard InChI is InChI=1S/C19H29N3O/c1-4-5-15-12-18(15)21-19(20-2)22-11-10-16(13-22)14-6-8-17(23-3)9-7-14/h6-9,15-16,18H,4-5,10-13H2,1-3H3,(H,20,21). The van der Waals surface area contributed by atoms with E-state index in [0.29, 0.717) is 12.0 Å². The van der Waals surface area contributed by atoms with Gasteiger partial charge >= 0.3 is 0 Å². The first-order valence-electron chi connectivity index (χ1n) is 8.87. The predicted octanol–water partition coefficient (Wildman–Crippen LogP) is 3.25. The minimum absolute atomic E-state index is 0.588. The van der Waals surface area contributed by atoms with Gasteiger partial charge < -0.3 is 15.0 Å². The Labute approximate surface area is 139 Å². The van der Waals surface area contributed by atoms with Gasteiger partial charge in [0.1, 0.15) is 5.75 Å². The third-order valence-electron chi connectivity index (χ3n) is 5.18. The molecule has 1 saturated carbocycles. The first-order chi connectivity index (χ1) is 11.2. The third-order valence-corrected chi connectivity index (χ3v) is 5.18. The maximum absolute atomic E-state index is 5.25. The summed E-state index contributed by atoms with van der Waals surface area (Å²) in [5, 5.41) is 3.66. The third kappa shape index (κ3) is 3.80. The van der Waals surface area contributed by atoms with E-state index in [1.807, 2.05) is 7.05 Å². The number of ether oxygens (including phenoxy) is 1. The molecule has 3 unspecified atom stereocenters. The normalized spacial score (nSPS) is 27.2. The Balaban J connectivity index is 1.55. The number of hydrogen-bond donors (Lipinski definition) is 1. The summed E-state index contributed by atoms with van der Waals surface area (Å²) in [5.41, 5.74) is 1.40. The predicted molar refractivity (Wildman–Crippen MR) is 95.2 cm³/mol. The molecule has 1 heterocycles. The fraction of sp³-hybridized carbons (Fsp3) is 0.632. The molecular formula is C19H29N3O. The average Bonchev–Trinajstić information content (AvgIpc) is 3.13. The number of hydrogen-bond acceptors (Lipinski definition) is 2. The molecule has 0 amide bonds. The van der Waals surface area contributed by atoms with Crippen LogP contribution in [0, 0.1) is 5.92 Å². The molecule has 23 heavy (non-hydrogen) atoms. The zero-order valence-corrected chi connectivity index (χ0v) is 14.6. The second-order valence-corrected chi connectivity index (χ2v) is 6.79. The topological polar surface area (TPSA) is 36.9 Å². The molecule has 1 N–H and O–H groups in total. The van der Waals surface area contributed by atoms with Crippen molar-refractivity contribution in [2.75, 3.05) is 27.2 Å². The van der Waals surface area contributed by atoms with E-state index in [0.717, 1.165) is 30.7 Å². The van der Waals surface area contributed by atoms with Crippen LogP contribution in [-0.4, -0.2) is 44.1 Å². The van der Waals surface area contributed by atoms with E-state index >= 15 is 0 Å². The Kier molecular flexibility index (Phi) is 5.09. The van der Waals surface area contributed by atoms with Crippen LogP contribution in [0.2, 0.25) is 0 Å². The van der Waals surface area contributed by atoms with Crippen molar-refractivity contribution >= 4 is 5.96 Å². The summed E-state index contributed by atoms with van der Waals surface area (Å²) in [7, 11) is 3.62. The van der Waals surface area contributed by atoms with Gasteiger partial charge in [0, 0.05) is 32.1 Å². The zero-order chi connectivity index (χ0) is 16.2. The second-order valence-electron chi connectivity index (χ2n) is 6.79. The summed E-state index contributed by atoms with van der Waals surface area (Å²) in [6.45, 7) is 4.41. The van der Waals surface area contributed by atoms with Crippen molar-refractivity contribution < 1.29 is 4.74 Å². The number of likely N-dealkylation sites (tertiary alicyclic amines) is 1. The maximum atomic E-state index is 5.25. The maximum Gasteiger partial charge on any atom is 0.193 e. The highest BCUT2D eigenvalue weighted by Gasteiger charge is 2.38. The van der Waals surface area contributed by atoms with E-state index < -0.39 is 0 Å². The first-order valence-corrected chi connectivity index (χ1v) is 8.87. The van der Waals surface area contributed by atoms with Crippen LogP contribution in [0.15, 0.2) is 29.3 Å². The minimum Gasteiger partial charge on any atom is -0.497 e. The van der Waals surface area contributed by atoms with Crippen molar-refractivity contribution in [2.45, 2.75) is 44.6 Å². The van der Waals surface area contributed by atoms with Gasteiger partial charge in [0.2, 0.25) is 0 Å². The Morgan fingerprint density at radius 3 is 2.78 bits per heavy atom. The summed E-state index contributed by atoms with van der Waals surface area (Å²) in [4.78, 5) is 6.92. The average molecular weight is 315 g/mol. The number of methoxy groups -OCH3 is 1. The van der Waals surface area contributed by atoms with Crippen LogP contribution in [0.1, 0.15) is 44.1 Å². The van der Waals surface area contributed by atoms with Gasteiger partial charge in [-0.1, -0.05) is 25.5 Å². The Hall–Kier alpha value is -1.71. The molecule has 1 aliphatic carbocycles. The van der Waals surface area contributed by atoms with Crippen LogP contribution >= 0.6 is 0 Å². The first kappa shape index (κ1) is 16.2. The van der Waals surface area contributed by atoms with E-state index in [1.54, 1.807) is 7.11 Å². The fourth-order valence-corrected chi connectivity index (χ4v) is 3.68. The number of nitrogens with one attached hydrogen (secondary N) is 1. The summed E-state index contributed by atoms with van der Waals surface area (Å²) >= 11 is 0. The lowest BCUT2D eigenvalue weighted by Crippen LogP contribution is -2.41. The molecule has 0 radical (unpaired) electrons. The van der Waals surface area contributed by atoms with Crippen molar-refractivity contribution in [3.63, 3.8) is 0 Å². The molecule has 3 rings (SSSR count). The van der Waals surface area contributed by atoms with Crippen LogP contribution < -0.4 is 10.1 Å².